The molecule has 0 fully saturated rings. The first kappa shape index (κ1) is 14.5. The number of nitrogens with one attached hydrogen (secondary N) is 1. The first-order valence-corrected chi connectivity index (χ1v) is 6.42. The first-order chi connectivity index (χ1) is 10.1. The molecule has 0 spiro atoms. The van der Waals surface area contributed by atoms with Crippen molar-refractivity contribution in [2.45, 2.75) is 13.0 Å². The molecule has 108 valence electrons. The number of ether oxygens (including phenoxy) is 1. The molecule has 2 rings (SSSR count). The van der Waals surface area contributed by atoms with Crippen molar-refractivity contribution in [2.75, 3.05) is 18.2 Å². The number of aromatic nitrogens is 1. The number of nitrogens with zero attached hydrogens (tertiary/aromatic N) is 2. The van der Waals surface area contributed by atoms with E-state index in [0.717, 1.165) is 0 Å². The van der Waals surface area contributed by atoms with Gasteiger partial charge in [-0.25, -0.2) is 0 Å². The van der Waals surface area contributed by atoms with E-state index in [0.29, 0.717) is 29.4 Å². The van der Waals surface area contributed by atoms with Crippen LogP contribution in [0.5, 0.6) is 5.75 Å². The highest BCUT2D eigenvalue weighted by molar-refractivity contribution is 5.92. The topological polar surface area (TPSA) is 93.1 Å². The minimum Gasteiger partial charge on any atom is -0.495 e. The van der Waals surface area contributed by atoms with Gasteiger partial charge in [-0.3, -0.25) is 4.79 Å². The maximum absolute atomic E-state index is 12.0. The Hall–Kier alpha value is -2.94. The van der Waals surface area contributed by atoms with Crippen molar-refractivity contribution < 1.29 is 9.53 Å². The number of carbonyl (C=O) groups excluding carboxylic acids is 1. The van der Waals surface area contributed by atoms with Crippen LogP contribution in [0.1, 0.15) is 12.1 Å². The monoisotopic (exact) mass is 284 g/mol. The van der Waals surface area contributed by atoms with Crippen LogP contribution < -0.4 is 15.8 Å². The average Bonchev–Trinajstić information content (AvgIpc) is 2.93. The van der Waals surface area contributed by atoms with Crippen LogP contribution >= 0.6 is 0 Å². The van der Waals surface area contributed by atoms with Crippen LogP contribution in [0.3, 0.4) is 0 Å². The van der Waals surface area contributed by atoms with E-state index < -0.39 is 0 Å². The zero-order valence-corrected chi connectivity index (χ0v) is 11.7. The highest BCUT2D eigenvalue weighted by atomic mass is 16.5. The van der Waals surface area contributed by atoms with E-state index in [4.69, 9.17) is 15.7 Å². The van der Waals surface area contributed by atoms with E-state index in [2.05, 4.69) is 11.4 Å². The Labute approximate surface area is 122 Å². The highest BCUT2D eigenvalue weighted by Gasteiger charge is 2.09. The molecule has 6 heteroatoms. The lowest BCUT2D eigenvalue weighted by atomic mass is 10.2. The number of anilines is 2. The predicted octanol–water partition coefficient (Wildman–Crippen LogP) is 1.98. The van der Waals surface area contributed by atoms with Gasteiger partial charge in [0.05, 0.1) is 12.8 Å². The molecule has 0 atom stereocenters. The lowest BCUT2D eigenvalue weighted by Gasteiger charge is -2.11. The summed E-state index contributed by atoms with van der Waals surface area (Å²) in [5.41, 5.74) is 7.31. The number of nitriles is 1. The van der Waals surface area contributed by atoms with Gasteiger partial charge >= 0.3 is 0 Å². The van der Waals surface area contributed by atoms with Crippen molar-refractivity contribution in [2.24, 2.45) is 0 Å². The summed E-state index contributed by atoms with van der Waals surface area (Å²) in [7, 11) is 1.53. The molecule has 2 aromatic rings. The number of hydrogen-bond donors (Lipinski definition) is 2. The van der Waals surface area contributed by atoms with Crippen molar-refractivity contribution in [3.63, 3.8) is 0 Å². The number of nitrogens with two attached hydrogens (primary N) is 1. The second kappa shape index (κ2) is 6.48. The standard InChI is InChI=1S/C15H16N4O2/c1-21-14-5-4-11(17)9-13(14)18-15(20)6-8-19-7-2-3-12(19)10-16/h2-5,7,9H,6,8,17H2,1H3,(H,18,20). The second-order valence-electron chi connectivity index (χ2n) is 4.46. The molecule has 21 heavy (non-hydrogen) atoms. The van der Waals surface area contributed by atoms with Crippen LogP contribution in [0.25, 0.3) is 0 Å². The molecule has 3 N–H and O–H groups in total. The summed E-state index contributed by atoms with van der Waals surface area (Å²) in [4.78, 5) is 12.0. The van der Waals surface area contributed by atoms with Crippen LogP contribution in [0.15, 0.2) is 36.5 Å². The summed E-state index contributed by atoms with van der Waals surface area (Å²) >= 11 is 0. The fourth-order valence-corrected chi connectivity index (χ4v) is 1.97. The Bertz CT molecular complexity index is 685. The normalized spacial score (nSPS) is 9.90. The van der Waals surface area contributed by atoms with Gasteiger partial charge in [0.1, 0.15) is 17.5 Å². The predicted molar refractivity (Wildman–Crippen MR) is 79.8 cm³/mol. The lowest BCUT2D eigenvalue weighted by Crippen LogP contribution is -2.15. The SMILES string of the molecule is COc1ccc(N)cc1NC(=O)CCn1cccc1C#N. The number of methoxy groups -OCH3 is 1. The molecule has 0 saturated carbocycles. The lowest BCUT2D eigenvalue weighted by molar-refractivity contribution is -0.116. The fraction of sp³-hybridized carbons (Fsp3) is 0.200. The molecular weight excluding hydrogens is 268 g/mol. The maximum Gasteiger partial charge on any atom is 0.226 e. The Morgan fingerprint density at radius 1 is 1.48 bits per heavy atom. The molecule has 0 bridgehead atoms. The highest BCUT2D eigenvalue weighted by Crippen LogP contribution is 2.26. The molecule has 1 heterocycles. The van der Waals surface area contributed by atoms with Gasteiger partial charge in [-0.1, -0.05) is 0 Å². The summed E-state index contributed by atoms with van der Waals surface area (Å²) in [6.07, 6.45) is 2.02. The van der Waals surface area contributed by atoms with Crippen molar-refractivity contribution in [1.82, 2.24) is 4.57 Å². The number of benzene rings is 1. The molecule has 0 saturated heterocycles. The van der Waals surface area contributed by atoms with E-state index in [9.17, 15) is 4.79 Å². The molecule has 0 aliphatic heterocycles. The van der Waals surface area contributed by atoms with Gasteiger partial charge in [0, 0.05) is 24.8 Å². The number of nitrogen functional groups attached to an aromatic ring is 1. The number of amides is 1. The van der Waals surface area contributed by atoms with Gasteiger partial charge in [0.2, 0.25) is 5.91 Å². The Morgan fingerprint density at radius 2 is 2.29 bits per heavy atom. The minimum absolute atomic E-state index is 0.170. The molecule has 6 nitrogen and oxygen atoms in total. The molecule has 0 unspecified atom stereocenters. The van der Waals surface area contributed by atoms with Gasteiger partial charge in [-0.15, -0.1) is 0 Å². The van der Waals surface area contributed by atoms with E-state index >= 15 is 0 Å². The van der Waals surface area contributed by atoms with E-state index in [1.807, 2.05) is 0 Å². The minimum atomic E-state index is -0.170. The summed E-state index contributed by atoms with van der Waals surface area (Å²) in [5, 5.41) is 11.7. The van der Waals surface area contributed by atoms with Gasteiger partial charge < -0.3 is 20.4 Å². The van der Waals surface area contributed by atoms with Gasteiger partial charge in [0.15, 0.2) is 0 Å². The summed E-state index contributed by atoms with van der Waals surface area (Å²) in [6.45, 7) is 0.437. The number of carbonyl (C=O) groups is 1. The third-order valence-electron chi connectivity index (χ3n) is 3.02. The van der Waals surface area contributed by atoms with Crippen LogP contribution in [0.2, 0.25) is 0 Å². The summed E-state index contributed by atoms with van der Waals surface area (Å²) < 4.78 is 6.90. The van der Waals surface area contributed by atoms with Crippen molar-refractivity contribution >= 4 is 17.3 Å². The third kappa shape index (κ3) is 3.54. The Kier molecular flexibility index (Phi) is 4.46. The molecule has 0 aliphatic rings. The zero-order valence-electron chi connectivity index (χ0n) is 11.7. The molecular formula is C15H16N4O2. The number of hydrogen-bond acceptors (Lipinski definition) is 4. The number of aryl methyl sites for hydroxylation is 1. The van der Waals surface area contributed by atoms with Crippen molar-refractivity contribution in [1.29, 1.82) is 5.26 Å². The van der Waals surface area contributed by atoms with Crippen molar-refractivity contribution in [3.05, 3.63) is 42.2 Å². The molecule has 1 aromatic heterocycles. The van der Waals surface area contributed by atoms with E-state index in [-0.39, 0.29) is 12.3 Å². The second-order valence-corrected chi connectivity index (χ2v) is 4.46. The fourth-order valence-electron chi connectivity index (χ4n) is 1.97. The zero-order chi connectivity index (χ0) is 15.2. The maximum atomic E-state index is 12.0. The average molecular weight is 284 g/mol. The molecule has 0 radical (unpaired) electrons. The van der Waals surface area contributed by atoms with Crippen LogP contribution in [-0.2, 0) is 11.3 Å². The molecule has 1 amide bonds. The van der Waals surface area contributed by atoms with Crippen LogP contribution in [0, 0.1) is 11.3 Å². The summed E-state index contributed by atoms with van der Waals surface area (Å²) in [6, 6.07) is 10.6. The van der Waals surface area contributed by atoms with Crippen LogP contribution in [-0.4, -0.2) is 17.6 Å². The first-order valence-electron chi connectivity index (χ1n) is 6.42. The molecule has 1 aromatic carbocycles. The van der Waals surface area contributed by atoms with Gasteiger partial charge in [-0.05, 0) is 30.3 Å². The Morgan fingerprint density at radius 3 is 3.00 bits per heavy atom. The Balaban J connectivity index is 1.99. The van der Waals surface area contributed by atoms with Crippen LogP contribution in [0.4, 0.5) is 11.4 Å². The van der Waals surface area contributed by atoms with Crippen molar-refractivity contribution in [3.8, 4) is 11.8 Å². The number of rotatable bonds is 5. The smallest absolute Gasteiger partial charge is 0.226 e. The third-order valence-corrected chi connectivity index (χ3v) is 3.02. The summed E-state index contributed by atoms with van der Waals surface area (Å²) in [5.74, 6) is 0.382. The largest absolute Gasteiger partial charge is 0.495 e. The molecule has 0 aliphatic carbocycles. The quantitative estimate of drug-likeness (QED) is 0.821. The van der Waals surface area contributed by atoms with E-state index in [1.54, 1.807) is 41.1 Å². The van der Waals surface area contributed by atoms with Gasteiger partial charge in [0.25, 0.3) is 0 Å². The van der Waals surface area contributed by atoms with E-state index in [1.165, 1.54) is 7.11 Å². The van der Waals surface area contributed by atoms with Gasteiger partial charge in [-0.2, -0.15) is 5.26 Å².